The molecule has 1 saturated heterocycles. The van der Waals surface area contributed by atoms with Gasteiger partial charge in [0.2, 0.25) is 5.91 Å². The van der Waals surface area contributed by atoms with Crippen molar-refractivity contribution in [2.45, 2.75) is 64.5 Å². The number of carbonyl (C=O) groups is 1. The first-order valence-corrected chi connectivity index (χ1v) is 11.4. The van der Waals surface area contributed by atoms with E-state index in [1.165, 1.54) is 11.1 Å². The van der Waals surface area contributed by atoms with Crippen molar-refractivity contribution in [1.29, 1.82) is 0 Å². The lowest BCUT2D eigenvalue weighted by Gasteiger charge is -2.40. The fourth-order valence-electron chi connectivity index (χ4n) is 5.05. The standard InChI is InChI=1S/C27H37NO3/c1-20(22-11-7-6-8-12-22)28(21(2)29)17-15-24(23-16-18-31-27(3,4)19-23)25-13-9-10-14-26(25)30-5/h6-14,20,23-24H,15-19H2,1-5H3/t20-,23?,24?/m1/s1. The molecule has 0 N–H and O–H groups in total. The average molecular weight is 424 g/mol. The lowest BCUT2D eigenvalue weighted by molar-refractivity contribution is -0.131. The third-order valence-corrected chi connectivity index (χ3v) is 6.68. The summed E-state index contributed by atoms with van der Waals surface area (Å²) in [5, 5.41) is 0. The molecular formula is C27H37NO3. The maximum absolute atomic E-state index is 12.6. The highest BCUT2D eigenvalue weighted by molar-refractivity contribution is 5.73. The molecule has 1 aliphatic rings. The van der Waals surface area contributed by atoms with Gasteiger partial charge >= 0.3 is 0 Å². The molecule has 31 heavy (non-hydrogen) atoms. The van der Waals surface area contributed by atoms with Crippen molar-refractivity contribution in [3.63, 3.8) is 0 Å². The molecule has 2 aromatic rings. The third kappa shape index (κ3) is 5.88. The van der Waals surface area contributed by atoms with E-state index in [-0.39, 0.29) is 17.6 Å². The van der Waals surface area contributed by atoms with Gasteiger partial charge in [0.25, 0.3) is 0 Å². The summed E-state index contributed by atoms with van der Waals surface area (Å²) in [6, 6.07) is 18.7. The Labute approximate surface area is 187 Å². The van der Waals surface area contributed by atoms with Crippen LogP contribution in [-0.4, -0.2) is 36.7 Å². The SMILES string of the molecule is COc1ccccc1C(CCN(C(C)=O)[C@H](C)c1ccccc1)C1CCOC(C)(C)C1. The summed E-state index contributed by atoms with van der Waals surface area (Å²) < 4.78 is 11.7. The minimum absolute atomic E-state index is 0.0446. The number of rotatable bonds is 8. The number of benzene rings is 2. The lowest BCUT2D eigenvalue weighted by atomic mass is 9.74. The molecule has 0 bridgehead atoms. The summed E-state index contributed by atoms with van der Waals surface area (Å²) in [7, 11) is 1.74. The second kappa shape index (κ2) is 10.3. The molecule has 0 aromatic heterocycles. The first kappa shape index (κ1) is 23.3. The van der Waals surface area contributed by atoms with Crippen LogP contribution in [0.1, 0.15) is 70.0 Å². The Morgan fingerprint density at radius 1 is 1.16 bits per heavy atom. The van der Waals surface area contributed by atoms with Crippen molar-refractivity contribution in [2.75, 3.05) is 20.3 Å². The number of para-hydroxylation sites is 1. The van der Waals surface area contributed by atoms with Crippen molar-refractivity contribution in [3.8, 4) is 5.75 Å². The second-order valence-electron chi connectivity index (χ2n) is 9.30. The Hall–Kier alpha value is -2.33. The molecule has 2 unspecified atom stereocenters. The number of ether oxygens (including phenoxy) is 2. The number of hydrogen-bond donors (Lipinski definition) is 0. The van der Waals surface area contributed by atoms with Crippen molar-refractivity contribution >= 4 is 5.91 Å². The fourth-order valence-corrected chi connectivity index (χ4v) is 5.05. The highest BCUT2D eigenvalue weighted by Crippen LogP contribution is 2.43. The summed E-state index contributed by atoms with van der Waals surface area (Å²) in [5.74, 6) is 1.84. The molecule has 4 heteroatoms. The second-order valence-corrected chi connectivity index (χ2v) is 9.30. The Morgan fingerprint density at radius 2 is 1.84 bits per heavy atom. The zero-order valence-corrected chi connectivity index (χ0v) is 19.6. The highest BCUT2D eigenvalue weighted by Gasteiger charge is 2.35. The molecule has 1 amide bonds. The van der Waals surface area contributed by atoms with E-state index in [1.807, 2.05) is 35.2 Å². The van der Waals surface area contributed by atoms with Gasteiger partial charge in [-0.3, -0.25) is 4.79 Å². The minimum atomic E-state index is -0.124. The molecule has 4 nitrogen and oxygen atoms in total. The smallest absolute Gasteiger partial charge is 0.219 e. The predicted octanol–water partition coefficient (Wildman–Crippen LogP) is 5.98. The number of nitrogens with zero attached hydrogens (tertiary/aromatic N) is 1. The van der Waals surface area contributed by atoms with Crippen LogP contribution in [0, 0.1) is 5.92 Å². The molecule has 3 rings (SSSR count). The first-order valence-electron chi connectivity index (χ1n) is 11.4. The largest absolute Gasteiger partial charge is 0.496 e. The molecular weight excluding hydrogens is 386 g/mol. The van der Waals surface area contributed by atoms with Gasteiger partial charge in [-0.2, -0.15) is 0 Å². The van der Waals surface area contributed by atoms with Gasteiger partial charge in [0.15, 0.2) is 0 Å². The quantitative estimate of drug-likeness (QED) is 0.524. The van der Waals surface area contributed by atoms with Gasteiger partial charge in [-0.15, -0.1) is 0 Å². The number of carbonyl (C=O) groups excluding carboxylic acids is 1. The molecule has 1 aliphatic heterocycles. The summed E-state index contributed by atoms with van der Waals surface area (Å²) >= 11 is 0. The summed E-state index contributed by atoms with van der Waals surface area (Å²) in [4.78, 5) is 14.6. The zero-order valence-electron chi connectivity index (χ0n) is 19.6. The average Bonchev–Trinajstić information content (AvgIpc) is 2.76. The Morgan fingerprint density at radius 3 is 2.48 bits per heavy atom. The van der Waals surface area contributed by atoms with Crippen LogP contribution in [-0.2, 0) is 9.53 Å². The van der Waals surface area contributed by atoms with E-state index in [2.05, 4.69) is 45.0 Å². The summed E-state index contributed by atoms with van der Waals surface area (Å²) in [6.07, 6.45) is 2.93. The van der Waals surface area contributed by atoms with E-state index < -0.39 is 0 Å². The van der Waals surface area contributed by atoms with Crippen LogP contribution < -0.4 is 4.74 Å². The monoisotopic (exact) mass is 423 g/mol. The van der Waals surface area contributed by atoms with E-state index in [1.54, 1.807) is 14.0 Å². The molecule has 1 fully saturated rings. The predicted molar refractivity (Wildman–Crippen MR) is 125 cm³/mol. The van der Waals surface area contributed by atoms with Gasteiger partial charge in [0.05, 0.1) is 18.8 Å². The molecule has 168 valence electrons. The molecule has 0 spiro atoms. The van der Waals surface area contributed by atoms with E-state index in [0.29, 0.717) is 18.4 Å². The van der Waals surface area contributed by atoms with Crippen LogP contribution in [0.25, 0.3) is 0 Å². The van der Waals surface area contributed by atoms with Crippen LogP contribution in [0.4, 0.5) is 0 Å². The van der Waals surface area contributed by atoms with Crippen molar-refractivity contribution in [3.05, 3.63) is 65.7 Å². The topological polar surface area (TPSA) is 38.8 Å². The molecule has 0 saturated carbocycles. The Balaban J connectivity index is 1.86. The van der Waals surface area contributed by atoms with Gasteiger partial charge in [-0.05, 0) is 69.1 Å². The van der Waals surface area contributed by atoms with E-state index in [4.69, 9.17) is 9.47 Å². The maximum Gasteiger partial charge on any atom is 0.219 e. The molecule has 2 aromatic carbocycles. The van der Waals surface area contributed by atoms with Crippen LogP contribution in [0.2, 0.25) is 0 Å². The van der Waals surface area contributed by atoms with Gasteiger partial charge in [-0.25, -0.2) is 0 Å². The van der Waals surface area contributed by atoms with Gasteiger partial charge in [0, 0.05) is 20.1 Å². The van der Waals surface area contributed by atoms with Crippen LogP contribution >= 0.6 is 0 Å². The molecule has 0 aliphatic carbocycles. The van der Waals surface area contributed by atoms with Gasteiger partial charge in [-0.1, -0.05) is 48.5 Å². The van der Waals surface area contributed by atoms with E-state index >= 15 is 0 Å². The fraction of sp³-hybridized carbons (Fsp3) is 0.519. The van der Waals surface area contributed by atoms with Crippen molar-refractivity contribution in [1.82, 2.24) is 4.90 Å². The first-order chi connectivity index (χ1) is 14.8. The Bertz CT molecular complexity index is 849. The van der Waals surface area contributed by atoms with Crippen LogP contribution in [0.15, 0.2) is 54.6 Å². The normalized spacial score (nSPS) is 20.0. The third-order valence-electron chi connectivity index (χ3n) is 6.68. The van der Waals surface area contributed by atoms with Gasteiger partial charge in [0.1, 0.15) is 5.75 Å². The number of methoxy groups -OCH3 is 1. The van der Waals surface area contributed by atoms with Crippen LogP contribution in [0.3, 0.4) is 0 Å². The summed E-state index contributed by atoms with van der Waals surface area (Å²) in [6.45, 7) is 9.64. The Kier molecular flexibility index (Phi) is 7.77. The zero-order chi connectivity index (χ0) is 22.4. The molecule has 3 atom stereocenters. The van der Waals surface area contributed by atoms with Crippen LogP contribution in [0.5, 0.6) is 5.75 Å². The number of hydrogen-bond acceptors (Lipinski definition) is 3. The van der Waals surface area contributed by atoms with Crippen molar-refractivity contribution < 1.29 is 14.3 Å². The van der Waals surface area contributed by atoms with E-state index in [9.17, 15) is 4.79 Å². The van der Waals surface area contributed by atoms with Gasteiger partial charge < -0.3 is 14.4 Å². The lowest BCUT2D eigenvalue weighted by Crippen LogP contribution is -2.38. The summed E-state index contributed by atoms with van der Waals surface area (Å²) in [5.41, 5.74) is 2.28. The molecule has 0 radical (unpaired) electrons. The maximum atomic E-state index is 12.6. The molecule has 1 heterocycles. The van der Waals surface area contributed by atoms with Crippen molar-refractivity contribution in [2.24, 2.45) is 5.92 Å². The minimum Gasteiger partial charge on any atom is -0.496 e. The number of amides is 1. The highest BCUT2D eigenvalue weighted by atomic mass is 16.5. The van der Waals surface area contributed by atoms with E-state index in [0.717, 1.165) is 31.6 Å².